The van der Waals surface area contributed by atoms with Gasteiger partial charge in [-0.3, -0.25) is 4.79 Å². The fourth-order valence-corrected chi connectivity index (χ4v) is 2.66. The van der Waals surface area contributed by atoms with Gasteiger partial charge >= 0.3 is 0 Å². The quantitative estimate of drug-likeness (QED) is 0.724. The van der Waals surface area contributed by atoms with E-state index in [9.17, 15) is 4.79 Å². The van der Waals surface area contributed by atoms with Crippen molar-refractivity contribution in [2.45, 2.75) is 59.9 Å². The van der Waals surface area contributed by atoms with Gasteiger partial charge in [0.25, 0.3) is 0 Å². The molecule has 1 amide bonds. The van der Waals surface area contributed by atoms with Crippen LogP contribution >= 0.6 is 0 Å². The van der Waals surface area contributed by atoms with Crippen molar-refractivity contribution in [2.75, 3.05) is 0 Å². The van der Waals surface area contributed by atoms with Crippen LogP contribution in [0.2, 0.25) is 0 Å². The minimum absolute atomic E-state index is 0.0954. The van der Waals surface area contributed by atoms with E-state index >= 15 is 0 Å². The van der Waals surface area contributed by atoms with E-state index in [0.29, 0.717) is 11.5 Å². The lowest BCUT2D eigenvalue weighted by Crippen LogP contribution is -2.55. The molecule has 1 fully saturated rings. The number of amides is 1. The number of carbonyl (C=O) groups is 1. The molecule has 2 nitrogen and oxygen atoms in total. The van der Waals surface area contributed by atoms with E-state index < -0.39 is 0 Å². The second kappa shape index (κ2) is 3.56. The van der Waals surface area contributed by atoms with Gasteiger partial charge in [-0.2, -0.15) is 0 Å². The summed E-state index contributed by atoms with van der Waals surface area (Å²) in [6.07, 6.45) is 3.80. The average molecular weight is 197 g/mol. The molecule has 82 valence electrons. The van der Waals surface area contributed by atoms with Crippen LogP contribution < -0.4 is 5.32 Å². The van der Waals surface area contributed by atoms with Gasteiger partial charge in [0.05, 0.1) is 0 Å². The van der Waals surface area contributed by atoms with E-state index in [4.69, 9.17) is 0 Å². The first-order chi connectivity index (χ1) is 6.26. The molecule has 0 aromatic rings. The second-order valence-corrected chi connectivity index (χ2v) is 6.01. The van der Waals surface area contributed by atoms with E-state index in [0.717, 1.165) is 0 Å². The highest BCUT2D eigenvalue weighted by Crippen LogP contribution is 2.48. The monoisotopic (exact) mass is 197 g/mol. The lowest BCUT2D eigenvalue weighted by molar-refractivity contribution is -0.122. The zero-order valence-electron chi connectivity index (χ0n) is 10.1. The van der Waals surface area contributed by atoms with Gasteiger partial charge in [0.1, 0.15) is 0 Å². The molecule has 0 bridgehead atoms. The summed E-state index contributed by atoms with van der Waals surface area (Å²) in [4.78, 5) is 11.2. The molecule has 0 spiro atoms. The van der Waals surface area contributed by atoms with E-state index in [2.05, 4.69) is 33.0 Å². The predicted octanol–water partition coefficient (Wildman–Crippen LogP) is 2.73. The molecule has 2 heteroatoms. The molecule has 0 aromatic carbocycles. The molecular weight excluding hydrogens is 174 g/mol. The van der Waals surface area contributed by atoms with E-state index in [1.165, 1.54) is 19.3 Å². The van der Waals surface area contributed by atoms with Crippen molar-refractivity contribution in [1.82, 2.24) is 5.32 Å². The smallest absolute Gasteiger partial charge is 0.217 e. The first kappa shape index (κ1) is 11.5. The molecule has 0 aliphatic heterocycles. The molecule has 1 aliphatic carbocycles. The summed E-state index contributed by atoms with van der Waals surface area (Å²) in [6, 6.07) is 0.307. The number of nitrogens with one attached hydrogen (secondary N) is 1. The number of carbonyl (C=O) groups excluding carboxylic acids is 1. The van der Waals surface area contributed by atoms with E-state index in [1.807, 2.05) is 0 Å². The summed E-state index contributed by atoms with van der Waals surface area (Å²) in [7, 11) is 0. The number of hydrogen-bond donors (Lipinski definition) is 1. The van der Waals surface area contributed by atoms with Crippen LogP contribution in [0.25, 0.3) is 0 Å². The van der Waals surface area contributed by atoms with Crippen molar-refractivity contribution in [3.63, 3.8) is 0 Å². The molecule has 1 atom stereocenters. The summed E-state index contributed by atoms with van der Waals surface area (Å²) in [5.74, 6) is 0.0954. The molecule has 0 heterocycles. The summed E-state index contributed by atoms with van der Waals surface area (Å²) in [5, 5.41) is 3.12. The van der Waals surface area contributed by atoms with E-state index in [1.54, 1.807) is 6.92 Å². The SMILES string of the molecule is CC(=O)NC(C(C)(C)C)C1(C)CCC1. The molecule has 1 saturated carbocycles. The lowest BCUT2D eigenvalue weighted by Gasteiger charge is -2.50. The first-order valence-electron chi connectivity index (χ1n) is 5.53. The molecule has 0 aromatic heterocycles. The number of hydrogen-bond acceptors (Lipinski definition) is 1. The van der Waals surface area contributed by atoms with Gasteiger partial charge in [-0.1, -0.05) is 34.1 Å². The van der Waals surface area contributed by atoms with Gasteiger partial charge in [0.15, 0.2) is 0 Å². The Morgan fingerprint density at radius 3 is 2.07 bits per heavy atom. The van der Waals surface area contributed by atoms with Gasteiger partial charge in [0, 0.05) is 13.0 Å². The minimum atomic E-state index is 0.0954. The van der Waals surface area contributed by atoms with Crippen molar-refractivity contribution in [3.05, 3.63) is 0 Å². The van der Waals surface area contributed by atoms with Crippen molar-refractivity contribution >= 4 is 5.91 Å². The normalized spacial score (nSPS) is 22.4. The molecule has 0 saturated heterocycles. The Balaban J connectivity index is 2.76. The third-order valence-electron chi connectivity index (χ3n) is 3.41. The Hall–Kier alpha value is -0.530. The van der Waals surface area contributed by atoms with Crippen LogP contribution in [-0.4, -0.2) is 11.9 Å². The molecule has 1 rings (SSSR count). The third-order valence-corrected chi connectivity index (χ3v) is 3.41. The highest BCUT2D eigenvalue weighted by Gasteiger charge is 2.45. The zero-order chi connectivity index (χ0) is 11.0. The molecule has 1 aliphatic rings. The topological polar surface area (TPSA) is 29.1 Å². The Morgan fingerprint density at radius 1 is 1.36 bits per heavy atom. The minimum Gasteiger partial charge on any atom is -0.353 e. The van der Waals surface area contributed by atoms with Gasteiger partial charge in [-0.25, -0.2) is 0 Å². The van der Waals surface area contributed by atoms with Crippen LogP contribution in [-0.2, 0) is 4.79 Å². The van der Waals surface area contributed by atoms with Crippen LogP contribution in [0, 0.1) is 10.8 Å². The number of rotatable bonds is 2. The zero-order valence-corrected chi connectivity index (χ0v) is 10.1. The largest absolute Gasteiger partial charge is 0.353 e. The lowest BCUT2D eigenvalue weighted by atomic mass is 9.59. The Bertz CT molecular complexity index is 223. The van der Waals surface area contributed by atoms with Crippen LogP contribution in [0.1, 0.15) is 53.9 Å². The third kappa shape index (κ3) is 2.28. The van der Waals surface area contributed by atoms with Crippen molar-refractivity contribution in [1.29, 1.82) is 0 Å². The van der Waals surface area contributed by atoms with Gasteiger partial charge in [0.2, 0.25) is 5.91 Å². The Labute approximate surface area is 87.5 Å². The van der Waals surface area contributed by atoms with Crippen molar-refractivity contribution in [3.8, 4) is 0 Å². The van der Waals surface area contributed by atoms with Crippen LogP contribution in [0.3, 0.4) is 0 Å². The standard InChI is InChI=1S/C12H23NO/c1-9(14)13-10(11(2,3)4)12(5)7-6-8-12/h10H,6-8H2,1-5H3,(H,13,14). The summed E-state index contributed by atoms with van der Waals surface area (Å²) < 4.78 is 0. The predicted molar refractivity (Wildman–Crippen MR) is 59.0 cm³/mol. The maximum Gasteiger partial charge on any atom is 0.217 e. The molecule has 0 radical (unpaired) electrons. The van der Waals surface area contributed by atoms with Gasteiger partial charge < -0.3 is 5.32 Å². The second-order valence-electron chi connectivity index (χ2n) is 6.01. The van der Waals surface area contributed by atoms with Crippen molar-refractivity contribution < 1.29 is 4.79 Å². The fraction of sp³-hybridized carbons (Fsp3) is 0.917. The van der Waals surface area contributed by atoms with Crippen LogP contribution in [0.4, 0.5) is 0 Å². The molecule has 1 unspecified atom stereocenters. The highest BCUT2D eigenvalue weighted by molar-refractivity contribution is 5.73. The van der Waals surface area contributed by atoms with Crippen molar-refractivity contribution in [2.24, 2.45) is 10.8 Å². The average Bonchev–Trinajstić information content (AvgIpc) is 1.93. The summed E-state index contributed by atoms with van der Waals surface area (Å²) in [6.45, 7) is 10.5. The maximum atomic E-state index is 11.2. The fourth-order valence-electron chi connectivity index (χ4n) is 2.66. The molecular formula is C12H23NO. The Morgan fingerprint density at radius 2 is 1.86 bits per heavy atom. The Kier molecular flexibility index (Phi) is 2.93. The molecule has 14 heavy (non-hydrogen) atoms. The first-order valence-corrected chi connectivity index (χ1v) is 5.53. The van der Waals surface area contributed by atoms with Crippen LogP contribution in [0.5, 0.6) is 0 Å². The summed E-state index contributed by atoms with van der Waals surface area (Å²) >= 11 is 0. The highest BCUT2D eigenvalue weighted by atomic mass is 16.1. The van der Waals surface area contributed by atoms with Gasteiger partial charge in [-0.15, -0.1) is 0 Å². The van der Waals surface area contributed by atoms with Gasteiger partial charge in [-0.05, 0) is 23.7 Å². The molecule has 1 N–H and O–H groups in total. The van der Waals surface area contributed by atoms with Crippen LogP contribution in [0.15, 0.2) is 0 Å². The van der Waals surface area contributed by atoms with E-state index in [-0.39, 0.29) is 11.3 Å². The summed E-state index contributed by atoms with van der Waals surface area (Å²) in [5.41, 5.74) is 0.477. The maximum absolute atomic E-state index is 11.2.